The van der Waals surface area contributed by atoms with Crippen LogP contribution in [0.3, 0.4) is 0 Å². The van der Waals surface area contributed by atoms with E-state index in [1.165, 1.54) is 16.7 Å². The molecule has 0 saturated heterocycles. The van der Waals surface area contributed by atoms with Gasteiger partial charge in [-0.25, -0.2) is 0 Å². The van der Waals surface area contributed by atoms with E-state index in [0.717, 1.165) is 16.9 Å². The molecule has 0 fully saturated rings. The molecule has 17 heavy (non-hydrogen) atoms. The Labute approximate surface area is 102 Å². The molecule has 0 radical (unpaired) electrons. The van der Waals surface area contributed by atoms with Crippen LogP contribution in [-0.2, 0) is 0 Å². The molecule has 0 aliphatic carbocycles. The molecular weight excluding hydrogens is 208 g/mol. The van der Waals surface area contributed by atoms with Gasteiger partial charge in [0, 0.05) is 11.8 Å². The first kappa shape index (κ1) is 11.5. The van der Waals surface area contributed by atoms with E-state index in [2.05, 4.69) is 43.5 Å². The van der Waals surface area contributed by atoms with Crippen LogP contribution in [0, 0.1) is 20.8 Å². The number of hydrogen-bond acceptors (Lipinski definition) is 2. The van der Waals surface area contributed by atoms with E-state index in [1.807, 2.05) is 24.4 Å². The predicted octanol–water partition coefficient (Wildman–Crippen LogP) is 4.01. The summed E-state index contributed by atoms with van der Waals surface area (Å²) in [4.78, 5) is 8.47. The zero-order chi connectivity index (χ0) is 12.4. The Kier molecular flexibility index (Phi) is 3.05. The lowest BCUT2D eigenvalue weighted by Crippen LogP contribution is -1.93. The van der Waals surface area contributed by atoms with Crippen LogP contribution in [0.25, 0.3) is 11.3 Å². The zero-order valence-electron chi connectivity index (χ0n) is 10.5. The molecule has 0 spiro atoms. The minimum absolute atomic E-state index is 0.939. The minimum Gasteiger partial charge on any atom is -0.264 e. The van der Waals surface area contributed by atoms with Crippen LogP contribution in [0.1, 0.15) is 16.7 Å². The van der Waals surface area contributed by atoms with Gasteiger partial charge in [0.25, 0.3) is 0 Å². The highest BCUT2D eigenvalue weighted by Gasteiger charge is 2.10. The van der Waals surface area contributed by atoms with Gasteiger partial charge >= 0.3 is 0 Å². The van der Waals surface area contributed by atoms with Gasteiger partial charge in [0.05, 0.1) is 11.4 Å². The van der Waals surface area contributed by atoms with Crippen LogP contribution in [-0.4, -0.2) is 11.7 Å². The number of aliphatic imine (C=N–C) groups is 1. The van der Waals surface area contributed by atoms with Crippen molar-refractivity contribution in [2.45, 2.75) is 20.8 Å². The fraction of sp³-hybridized carbons (Fsp3) is 0.200. The molecule has 2 rings (SSSR count). The van der Waals surface area contributed by atoms with E-state index in [-0.39, 0.29) is 0 Å². The monoisotopic (exact) mass is 224 g/mol. The summed E-state index contributed by atoms with van der Waals surface area (Å²) in [6, 6.07) is 8.00. The predicted molar refractivity (Wildman–Crippen MR) is 73.1 cm³/mol. The molecule has 2 aromatic rings. The van der Waals surface area contributed by atoms with Crippen molar-refractivity contribution in [1.82, 2.24) is 4.98 Å². The normalized spacial score (nSPS) is 10.3. The Morgan fingerprint density at radius 3 is 2.41 bits per heavy atom. The summed E-state index contributed by atoms with van der Waals surface area (Å²) in [6.07, 6.45) is 1.81. The van der Waals surface area contributed by atoms with Crippen molar-refractivity contribution in [2.24, 2.45) is 4.99 Å². The summed E-state index contributed by atoms with van der Waals surface area (Å²) in [5, 5.41) is 0. The first-order valence-electron chi connectivity index (χ1n) is 5.64. The molecule has 0 amide bonds. The summed E-state index contributed by atoms with van der Waals surface area (Å²) in [6.45, 7) is 9.95. The summed E-state index contributed by atoms with van der Waals surface area (Å²) in [5.41, 5.74) is 6.77. The first-order chi connectivity index (χ1) is 8.15. The molecule has 0 N–H and O–H groups in total. The van der Waals surface area contributed by atoms with Gasteiger partial charge in [-0.1, -0.05) is 6.07 Å². The van der Waals surface area contributed by atoms with E-state index >= 15 is 0 Å². The second-order valence-corrected chi connectivity index (χ2v) is 4.19. The van der Waals surface area contributed by atoms with Gasteiger partial charge in [-0.3, -0.25) is 9.98 Å². The van der Waals surface area contributed by atoms with Crippen LogP contribution in [0.5, 0.6) is 0 Å². The summed E-state index contributed by atoms with van der Waals surface area (Å²) in [5.74, 6) is 0. The maximum absolute atomic E-state index is 4.39. The lowest BCUT2D eigenvalue weighted by molar-refractivity contribution is 1.23. The lowest BCUT2D eigenvalue weighted by atomic mass is 9.95. The molecule has 2 nitrogen and oxygen atoms in total. The minimum atomic E-state index is 0.939. The molecule has 1 aromatic heterocycles. The van der Waals surface area contributed by atoms with Crippen molar-refractivity contribution in [3.63, 3.8) is 0 Å². The van der Waals surface area contributed by atoms with Crippen LogP contribution in [0.4, 0.5) is 5.69 Å². The molecule has 0 atom stereocenters. The number of benzene rings is 1. The molecule has 0 saturated carbocycles. The molecule has 0 aliphatic rings. The first-order valence-corrected chi connectivity index (χ1v) is 5.64. The van der Waals surface area contributed by atoms with Crippen molar-refractivity contribution >= 4 is 12.4 Å². The van der Waals surface area contributed by atoms with E-state index in [9.17, 15) is 0 Å². The van der Waals surface area contributed by atoms with E-state index in [4.69, 9.17) is 0 Å². The number of aromatic nitrogens is 1. The van der Waals surface area contributed by atoms with Crippen molar-refractivity contribution in [2.75, 3.05) is 0 Å². The third-order valence-electron chi connectivity index (χ3n) is 3.31. The van der Waals surface area contributed by atoms with Gasteiger partial charge in [-0.2, -0.15) is 0 Å². The largest absolute Gasteiger partial charge is 0.264 e. The maximum atomic E-state index is 4.39. The number of pyridine rings is 1. The van der Waals surface area contributed by atoms with E-state index < -0.39 is 0 Å². The van der Waals surface area contributed by atoms with Crippen molar-refractivity contribution in [3.05, 3.63) is 47.2 Å². The van der Waals surface area contributed by atoms with Gasteiger partial charge in [0.15, 0.2) is 0 Å². The molecule has 2 heteroatoms. The van der Waals surface area contributed by atoms with Crippen LogP contribution in [0.15, 0.2) is 35.5 Å². The van der Waals surface area contributed by atoms with E-state index in [0.29, 0.717) is 0 Å². The SMILES string of the molecule is C=Nc1cc(-c2ccccn2)c(C)c(C)c1C. The van der Waals surface area contributed by atoms with Gasteiger partial charge < -0.3 is 0 Å². The lowest BCUT2D eigenvalue weighted by Gasteiger charge is -2.13. The topological polar surface area (TPSA) is 25.2 Å². The molecule has 0 bridgehead atoms. The zero-order valence-corrected chi connectivity index (χ0v) is 10.5. The Bertz CT molecular complexity index is 557. The van der Waals surface area contributed by atoms with Crippen LogP contribution in [0.2, 0.25) is 0 Å². The maximum Gasteiger partial charge on any atom is 0.0705 e. The Balaban J connectivity index is 2.71. The second-order valence-electron chi connectivity index (χ2n) is 4.19. The number of nitrogens with zero attached hydrogens (tertiary/aromatic N) is 2. The molecule has 0 aliphatic heterocycles. The van der Waals surface area contributed by atoms with Crippen LogP contribution < -0.4 is 0 Å². The number of hydrogen-bond donors (Lipinski definition) is 0. The Hall–Kier alpha value is -1.96. The van der Waals surface area contributed by atoms with E-state index in [1.54, 1.807) is 0 Å². The van der Waals surface area contributed by atoms with Crippen molar-refractivity contribution in [1.29, 1.82) is 0 Å². The highest BCUT2D eigenvalue weighted by molar-refractivity contribution is 5.72. The van der Waals surface area contributed by atoms with Gasteiger partial charge in [0.2, 0.25) is 0 Å². The average Bonchev–Trinajstić information content (AvgIpc) is 2.37. The van der Waals surface area contributed by atoms with Gasteiger partial charge in [-0.15, -0.1) is 0 Å². The highest BCUT2D eigenvalue weighted by atomic mass is 14.7. The van der Waals surface area contributed by atoms with Crippen molar-refractivity contribution in [3.8, 4) is 11.3 Å². The number of rotatable bonds is 2. The van der Waals surface area contributed by atoms with Gasteiger partial charge in [-0.05, 0) is 62.4 Å². The average molecular weight is 224 g/mol. The quantitative estimate of drug-likeness (QED) is 0.708. The molecule has 0 unspecified atom stereocenters. The fourth-order valence-electron chi connectivity index (χ4n) is 1.98. The molecule has 1 aromatic carbocycles. The van der Waals surface area contributed by atoms with Crippen molar-refractivity contribution < 1.29 is 0 Å². The second kappa shape index (κ2) is 4.50. The Morgan fingerprint density at radius 2 is 1.82 bits per heavy atom. The fourth-order valence-corrected chi connectivity index (χ4v) is 1.98. The summed E-state index contributed by atoms with van der Waals surface area (Å²) in [7, 11) is 0. The van der Waals surface area contributed by atoms with Crippen LogP contribution >= 0.6 is 0 Å². The highest BCUT2D eigenvalue weighted by Crippen LogP contribution is 2.32. The molecular formula is C15H16N2. The summed E-state index contributed by atoms with van der Waals surface area (Å²) >= 11 is 0. The molecule has 1 heterocycles. The standard InChI is InChI=1S/C15H16N2/c1-10-11(2)13(9-15(16-4)12(10)3)14-7-5-6-8-17-14/h5-9H,4H2,1-3H3. The third kappa shape index (κ3) is 1.98. The summed E-state index contributed by atoms with van der Waals surface area (Å²) < 4.78 is 0. The Morgan fingerprint density at radius 1 is 1.06 bits per heavy atom. The smallest absolute Gasteiger partial charge is 0.0705 e. The third-order valence-corrected chi connectivity index (χ3v) is 3.31. The molecule has 86 valence electrons. The van der Waals surface area contributed by atoms with Gasteiger partial charge in [0.1, 0.15) is 0 Å².